The minimum Gasteiger partial charge on any atom is -0.378 e. The third-order valence-electron chi connectivity index (χ3n) is 1.59. The van der Waals surface area contributed by atoms with E-state index in [1.807, 2.05) is 0 Å². The molecule has 0 bridgehead atoms. The summed E-state index contributed by atoms with van der Waals surface area (Å²) in [5, 5.41) is 11.0. The van der Waals surface area contributed by atoms with Crippen LogP contribution in [0, 0.1) is 6.92 Å². The number of hydrogen-bond acceptors (Lipinski definition) is 3. The molecule has 1 rings (SSSR count). The van der Waals surface area contributed by atoms with Crippen molar-refractivity contribution in [3.8, 4) is 0 Å². The highest BCUT2D eigenvalue weighted by Gasteiger charge is 2.16. The summed E-state index contributed by atoms with van der Waals surface area (Å²) in [6.45, 7) is 5.49. The van der Waals surface area contributed by atoms with E-state index in [0.717, 1.165) is 0 Å². The number of nitrogens with zero attached hydrogens (tertiary/aromatic N) is 1. The maximum Gasteiger partial charge on any atom is 0.319 e. The van der Waals surface area contributed by atoms with Crippen LogP contribution in [0.2, 0.25) is 0 Å². The predicted octanol–water partition coefficient (Wildman–Crippen LogP) is -0.819. The van der Waals surface area contributed by atoms with Gasteiger partial charge in [-0.25, -0.2) is 4.79 Å². The van der Waals surface area contributed by atoms with Crippen LogP contribution in [0.5, 0.6) is 0 Å². The third kappa shape index (κ3) is 2.67. The second kappa shape index (κ2) is 4.27. The first-order chi connectivity index (χ1) is 5.70. The van der Waals surface area contributed by atoms with E-state index in [0.29, 0.717) is 26.3 Å². The van der Waals surface area contributed by atoms with Gasteiger partial charge in [-0.05, 0) is 6.92 Å². The lowest BCUT2D eigenvalue weighted by Gasteiger charge is -2.27. The van der Waals surface area contributed by atoms with Gasteiger partial charge in [0.05, 0.1) is 13.2 Å². The number of carbonyl (C=O) groups is 1. The highest BCUT2D eigenvalue weighted by atomic mass is 16.5. The van der Waals surface area contributed by atoms with Gasteiger partial charge in [0.2, 0.25) is 0 Å². The Hall–Kier alpha value is -0.810. The summed E-state index contributed by atoms with van der Waals surface area (Å²) in [5.74, 6) is 0. The second-order valence-electron chi connectivity index (χ2n) is 2.56. The van der Waals surface area contributed by atoms with E-state index < -0.39 is 6.23 Å². The molecule has 1 atom stereocenters. The van der Waals surface area contributed by atoms with Crippen LogP contribution in [0.4, 0.5) is 4.79 Å². The minimum absolute atomic E-state index is 0.291. The number of amides is 2. The van der Waals surface area contributed by atoms with E-state index in [1.54, 1.807) is 4.90 Å². The number of nitrogens with one attached hydrogen (secondary N) is 1. The van der Waals surface area contributed by atoms with Crippen molar-refractivity contribution in [2.45, 2.75) is 6.23 Å². The molecule has 0 aromatic heterocycles. The van der Waals surface area contributed by atoms with Gasteiger partial charge in [-0.1, -0.05) is 0 Å². The Morgan fingerprint density at radius 1 is 1.58 bits per heavy atom. The lowest BCUT2D eigenvalue weighted by atomic mass is 10.4. The van der Waals surface area contributed by atoms with Crippen LogP contribution in [0.1, 0.15) is 0 Å². The van der Waals surface area contributed by atoms with E-state index in [9.17, 15) is 4.79 Å². The number of aliphatic hydroxyl groups excluding tert-OH is 1. The SMILES string of the molecule is [CH2]C(O)NC(=O)N1CCOCC1. The Bertz CT molecular complexity index is 155. The molecule has 1 radical (unpaired) electrons. The fourth-order valence-electron chi connectivity index (χ4n) is 1.00. The van der Waals surface area contributed by atoms with Crippen LogP contribution in [-0.2, 0) is 4.74 Å². The van der Waals surface area contributed by atoms with E-state index in [2.05, 4.69) is 12.2 Å². The third-order valence-corrected chi connectivity index (χ3v) is 1.59. The van der Waals surface area contributed by atoms with E-state index in [4.69, 9.17) is 9.84 Å². The zero-order valence-corrected chi connectivity index (χ0v) is 6.82. The molecule has 0 spiro atoms. The van der Waals surface area contributed by atoms with Crippen molar-refractivity contribution in [2.24, 2.45) is 0 Å². The summed E-state index contributed by atoms with van der Waals surface area (Å²) < 4.78 is 5.06. The molecule has 2 N–H and O–H groups in total. The number of rotatable bonds is 1. The van der Waals surface area contributed by atoms with Gasteiger partial charge >= 0.3 is 6.03 Å². The minimum atomic E-state index is -1.04. The monoisotopic (exact) mass is 173 g/mol. The van der Waals surface area contributed by atoms with Crippen molar-refractivity contribution in [1.82, 2.24) is 10.2 Å². The molecule has 69 valence electrons. The van der Waals surface area contributed by atoms with Crippen LogP contribution in [0.25, 0.3) is 0 Å². The van der Waals surface area contributed by atoms with Gasteiger partial charge in [0.15, 0.2) is 0 Å². The number of urea groups is 1. The molecule has 2 amide bonds. The average molecular weight is 173 g/mol. The first-order valence-electron chi connectivity index (χ1n) is 3.84. The molecular weight excluding hydrogens is 160 g/mol. The summed E-state index contributed by atoms with van der Waals surface area (Å²) in [5.41, 5.74) is 0. The van der Waals surface area contributed by atoms with E-state index in [-0.39, 0.29) is 6.03 Å². The predicted molar refractivity (Wildman–Crippen MR) is 42.3 cm³/mol. The van der Waals surface area contributed by atoms with Gasteiger partial charge in [0.1, 0.15) is 6.23 Å². The van der Waals surface area contributed by atoms with Crippen molar-refractivity contribution in [3.63, 3.8) is 0 Å². The van der Waals surface area contributed by atoms with Crippen LogP contribution >= 0.6 is 0 Å². The first-order valence-corrected chi connectivity index (χ1v) is 3.84. The van der Waals surface area contributed by atoms with Crippen LogP contribution in [-0.4, -0.2) is 48.6 Å². The molecule has 0 aliphatic carbocycles. The topological polar surface area (TPSA) is 61.8 Å². The summed E-state index contributed by atoms with van der Waals surface area (Å²) >= 11 is 0. The largest absolute Gasteiger partial charge is 0.378 e. The summed E-state index contributed by atoms with van der Waals surface area (Å²) in [4.78, 5) is 12.7. The molecular formula is C7H13N2O3. The number of aliphatic hydroxyl groups is 1. The lowest BCUT2D eigenvalue weighted by Crippen LogP contribution is -2.48. The van der Waals surface area contributed by atoms with Gasteiger partial charge in [0.25, 0.3) is 0 Å². The molecule has 0 saturated carbocycles. The molecule has 0 aromatic carbocycles. The van der Waals surface area contributed by atoms with Crippen molar-refractivity contribution in [2.75, 3.05) is 26.3 Å². The molecule has 12 heavy (non-hydrogen) atoms. The normalized spacial score (nSPS) is 20.3. The Morgan fingerprint density at radius 2 is 2.17 bits per heavy atom. The van der Waals surface area contributed by atoms with Gasteiger partial charge < -0.3 is 20.1 Å². The number of ether oxygens (including phenoxy) is 1. The van der Waals surface area contributed by atoms with Crippen molar-refractivity contribution < 1.29 is 14.6 Å². The highest BCUT2D eigenvalue weighted by molar-refractivity contribution is 5.74. The zero-order valence-electron chi connectivity index (χ0n) is 6.82. The molecule has 5 nitrogen and oxygen atoms in total. The lowest BCUT2D eigenvalue weighted by molar-refractivity contribution is 0.0492. The summed E-state index contributed by atoms with van der Waals surface area (Å²) in [6, 6.07) is -0.291. The smallest absolute Gasteiger partial charge is 0.319 e. The zero-order chi connectivity index (χ0) is 8.97. The molecule has 1 heterocycles. The van der Waals surface area contributed by atoms with Crippen LogP contribution in [0.15, 0.2) is 0 Å². The maximum atomic E-state index is 11.2. The number of carbonyl (C=O) groups excluding carboxylic acids is 1. The van der Waals surface area contributed by atoms with Crippen molar-refractivity contribution in [1.29, 1.82) is 0 Å². The summed E-state index contributed by atoms with van der Waals surface area (Å²) in [6.07, 6.45) is -1.04. The Morgan fingerprint density at radius 3 is 2.67 bits per heavy atom. The van der Waals surface area contributed by atoms with Crippen LogP contribution < -0.4 is 5.32 Å². The van der Waals surface area contributed by atoms with Gasteiger partial charge in [0, 0.05) is 13.1 Å². The standard InChI is InChI=1S/C7H13N2O3/c1-6(10)8-7(11)9-2-4-12-5-3-9/h6,10H,1-5H2,(H,8,11). The van der Waals surface area contributed by atoms with Gasteiger partial charge in [-0.3, -0.25) is 0 Å². The quantitative estimate of drug-likeness (QED) is 0.509. The van der Waals surface area contributed by atoms with Crippen LogP contribution in [0.3, 0.4) is 0 Å². The molecule has 1 aliphatic heterocycles. The fraction of sp³-hybridized carbons (Fsp3) is 0.714. The molecule has 0 aromatic rings. The molecule has 1 saturated heterocycles. The van der Waals surface area contributed by atoms with Gasteiger partial charge in [-0.2, -0.15) is 0 Å². The number of morpholine rings is 1. The highest BCUT2D eigenvalue weighted by Crippen LogP contribution is 1.96. The molecule has 1 aliphatic rings. The Balaban J connectivity index is 2.30. The molecule has 5 heteroatoms. The van der Waals surface area contributed by atoms with E-state index in [1.165, 1.54) is 0 Å². The fourth-order valence-corrected chi connectivity index (χ4v) is 1.00. The first kappa shape index (κ1) is 9.28. The maximum absolute atomic E-state index is 11.2. The van der Waals surface area contributed by atoms with Gasteiger partial charge in [-0.15, -0.1) is 0 Å². The van der Waals surface area contributed by atoms with E-state index >= 15 is 0 Å². The molecule has 1 fully saturated rings. The van der Waals surface area contributed by atoms with Crippen molar-refractivity contribution in [3.05, 3.63) is 6.92 Å². The second-order valence-corrected chi connectivity index (χ2v) is 2.56. The molecule has 1 unspecified atom stereocenters. The summed E-state index contributed by atoms with van der Waals surface area (Å²) in [7, 11) is 0. The Labute approximate surface area is 71.3 Å². The average Bonchev–Trinajstić information content (AvgIpc) is 2.05. The number of hydrogen-bond donors (Lipinski definition) is 2. The Kier molecular flexibility index (Phi) is 3.31. The van der Waals surface area contributed by atoms with Crippen molar-refractivity contribution >= 4 is 6.03 Å².